The number of rotatable bonds is 2. The summed E-state index contributed by atoms with van der Waals surface area (Å²) in [6.07, 6.45) is 1.25. The Balaban J connectivity index is 2.24. The standard InChI is InChI=1S/C13H10ClFN2O/c1-8-2-3-10(14)7-11(8)17-13(18)9-4-5-16-12(15)6-9/h2-7H,1H3,(H,17,18). The van der Waals surface area contributed by atoms with Crippen molar-refractivity contribution in [1.82, 2.24) is 4.98 Å². The summed E-state index contributed by atoms with van der Waals surface area (Å²) < 4.78 is 12.9. The van der Waals surface area contributed by atoms with Crippen molar-refractivity contribution in [3.63, 3.8) is 0 Å². The van der Waals surface area contributed by atoms with Crippen molar-refractivity contribution >= 4 is 23.2 Å². The molecule has 2 aromatic rings. The van der Waals surface area contributed by atoms with Crippen LogP contribution in [0.4, 0.5) is 10.1 Å². The number of aryl methyl sites for hydroxylation is 1. The number of anilines is 1. The second-order valence-electron chi connectivity index (χ2n) is 3.78. The summed E-state index contributed by atoms with van der Waals surface area (Å²) in [5.41, 5.74) is 1.69. The van der Waals surface area contributed by atoms with Gasteiger partial charge < -0.3 is 5.32 Å². The van der Waals surface area contributed by atoms with Gasteiger partial charge in [0.1, 0.15) is 0 Å². The third kappa shape index (κ3) is 2.84. The van der Waals surface area contributed by atoms with E-state index in [1.165, 1.54) is 12.3 Å². The molecule has 0 saturated heterocycles. The maximum Gasteiger partial charge on any atom is 0.255 e. The summed E-state index contributed by atoms with van der Waals surface area (Å²) in [6.45, 7) is 1.85. The van der Waals surface area contributed by atoms with E-state index in [-0.39, 0.29) is 5.56 Å². The van der Waals surface area contributed by atoms with Crippen LogP contribution in [0, 0.1) is 12.9 Å². The number of hydrogen-bond donors (Lipinski definition) is 1. The van der Waals surface area contributed by atoms with Crippen molar-refractivity contribution in [2.45, 2.75) is 6.92 Å². The minimum absolute atomic E-state index is 0.210. The summed E-state index contributed by atoms with van der Waals surface area (Å²) in [6, 6.07) is 7.70. The Bertz CT molecular complexity index is 601. The highest BCUT2D eigenvalue weighted by Gasteiger charge is 2.09. The molecule has 0 spiro atoms. The fourth-order valence-corrected chi connectivity index (χ4v) is 1.64. The largest absolute Gasteiger partial charge is 0.322 e. The lowest BCUT2D eigenvalue weighted by atomic mass is 10.2. The summed E-state index contributed by atoms with van der Waals surface area (Å²) in [5, 5.41) is 3.20. The monoisotopic (exact) mass is 264 g/mol. The van der Waals surface area contributed by atoms with E-state index in [1.807, 2.05) is 6.92 Å². The van der Waals surface area contributed by atoms with E-state index in [9.17, 15) is 9.18 Å². The number of hydrogen-bond acceptors (Lipinski definition) is 2. The van der Waals surface area contributed by atoms with Gasteiger partial charge in [0.05, 0.1) is 0 Å². The van der Waals surface area contributed by atoms with Crippen LogP contribution in [0.2, 0.25) is 5.02 Å². The minimum atomic E-state index is -0.689. The molecule has 1 aromatic heterocycles. The molecule has 1 amide bonds. The van der Waals surface area contributed by atoms with Crippen molar-refractivity contribution < 1.29 is 9.18 Å². The summed E-state index contributed by atoms with van der Waals surface area (Å²) in [7, 11) is 0. The summed E-state index contributed by atoms with van der Waals surface area (Å²) in [4.78, 5) is 15.3. The average molecular weight is 265 g/mol. The number of amides is 1. The highest BCUT2D eigenvalue weighted by molar-refractivity contribution is 6.31. The third-order valence-corrected chi connectivity index (χ3v) is 2.67. The molecule has 0 aliphatic carbocycles. The fourth-order valence-electron chi connectivity index (χ4n) is 1.47. The Morgan fingerprint density at radius 3 is 2.83 bits per heavy atom. The number of halogens is 2. The normalized spacial score (nSPS) is 10.2. The van der Waals surface area contributed by atoms with E-state index >= 15 is 0 Å². The molecule has 0 atom stereocenters. The van der Waals surface area contributed by atoms with Gasteiger partial charge in [0.15, 0.2) is 0 Å². The lowest BCUT2D eigenvalue weighted by Gasteiger charge is -2.08. The molecule has 0 radical (unpaired) electrons. The smallest absolute Gasteiger partial charge is 0.255 e. The topological polar surface area (TPSA) is 42.0 Å². The molecule has 0 bridgehead atoms. The maximum atomic E-state index is 12.9. The van der Waals surface area contributed by atoms with Crippen LogP contribution in [-0.2, 0) is 0 Å². The number of nitrogens with one attached hydrogen (secondary N) is 1. The first kappa shape index (κ1) is 12.5. The van der Waals surface area contributed by atoms with E-state index in [0.717, 1.165) is 11.6 Å². The molecule has 1 heterocycles. The zero-order valence-corrected chi connectivity index (χ0v) is 10.3. The van der Waals surface area contributed by atoms with Crippen LogP contribution in [0.3, 0.4) is 0 Å². The molecule has 0 unspecified atom stereocenters. The van der Waals surface area contributed by atoms with Crippen LogP contribution in [0.15, 0.2) is 36.5 Å². The van der Waals surface area contributed by atoms with Gasteiger partial charge in [-0.2, -0.15) is 4.39 Å². The van der Waals surface area contributed by atoms with Gasteiger partial charge in [-0.25, -0.2) is 4.98 Å². The van der Waals surface area contributed by atoms with Crippen LogP contribution in [0.1, 0.15) is 15.9 Å². The summed E-state index contributed by atoms with van der Waals surface area (Å²) in [5.74, 6) is -1.09. The number of carbonyl (C=O) groups is 1. The molecule has 2 rings (SSSR count). The maximum absolute atomic E-state index is 12.9. The molecule has 0 fully saturated rings. The van der Waals surface area contributed by atoms with Crippen molar-refractivity contribution in [3.05, 3.63) is 58.6 Å². The number of nitrogens with zero attached hydrogens (tertiary/aromatic N) is 1. The minimum Gasteiger partial charge on any atom is -0.322 e. The first-order chi connectivity index (χ1) is 8.56. The van der Waals surface area contributed by atoms with Gasteiger partial charge in [-0.05, 0) is 30.7 Å². The van der Waals surface area contributed by atoms with Crippen LogP contribution >= 0.6 is 11.6 Å². The quantitative estimate of drug-likeness (QED) is 0.845. The van der Waals surface area contributed by atoms with Crippen molar-refractivity contribution in [2.24, 2.45) is 0 Å². The summed E-state index contributed by atoms with van der Waals surface area (Å²) >= 11 is 5.85. The van der Waals surface area contributed by atoms with E-state index in [1.54, 1.807) is 18.2 Å². The van der Waals surface area contributed by atoms with Crippen LogP contribution in [0.25, 0.3) is 0 Å². The van der Waals surface area contributed by atoms with Crippen LogP contribution in [-0.4, -0.2) is 10.9 Å². The van der Waals surface area contributed by atoms with Crippen LogP contribution in [0.5, 0.6) is 0 Å². The number of aromatic nitrogens is 1. The highest BCUT2D eigenvalue weighted by Crippen LogP contribution is 2.20. The molecule has 92 valence electrons. The predicted octanol–water partition coefficient (Wildman–Crippen LogP) is 3.43. The van der Waals surface area contributed by atoms with Gasteiger partial charge in [-0.15, -0.1) is 0 Å². The highest BCUT2D eigenvalue weighted by atomic mass is 35.5. The Labute approximate surface area is 109 Å². The molecule has 3 nitrogen and oxygen atoms in total. The number of carbonyl (C=O) groups excluding carboxylic acids is 1. The van der Waals surface area contributed by atoms with Gasteiger partial charge in [-0.3, -0.25) is 4.79 Å². The molecular formula is C13H10ClFN2O. The van der Waals surface area contributed by atoms with Gasteiger partial charge in [0.25, 0.3) is 5.91 Å². The molecule has 0 aliphatic rings. The molecule has 0 saturated carbocycles. The Kier molecular flexibility index (Phi) is 3.58. The van der Waals surface area contributed by atoms with Crippen molar-refractivity contribution in [2.75, 3.05) is 5.32 Å². The first-order valence-corrected chi connectivity index (χ1v) is 5.63. The predicted molar refractivity (Wildman–Crippen MR) is 68.3 cm³/mol. The average Bonchev–Trinajstić information content (AvgIpc) is 2.34. The number of benzene rings is 1. The van der Waals surface area contributed by atoms with Crippen LogP contribution < -0.4 is 5.32 Å². The van der Waals surface area contributed by atoms with Crippen molar-refractivity contribution in [3.8, 4) is 0 Å². The Hall–Kier alpha value is -1.94. The zero-order chi connectivity index (χ0) is 13.1. The second-order valence-corrected chi connectivity index (χ2v) is 4.22. The first-order valence-electron chi connectivity index (χ1n) is 5.25. The van der Waals surface area contributed by atoms with Gasteiger partial charge in [0, 0.05) is 28.5 Å². The van der Waals surface area contributed by atoms with Gasteiger partial charge in [-0.1, -0.05) is 17.7 Å². The molecule has 1 N–H and O–H groups in total. The molecule has 5 heteroatoms. The SMILES string of the molecule is Cc1ccc(Cl)cc1NC(=O)c1ccnc(F)c1. The fraction of sp³-hybridized carbons (Fsp3) is 0.0769. The van der Waals surface area contributed by atoms with E-state index in [2.05, 4.69) is 10.3 Å². The zero-order valence-electron chi connectivity index (χ0n) is 9.58. The van der Waals surface area contributed by atoms with E-state index in [0.29, 0.717) is 10.7 Å². The van der Waals surface area contributed by atoms with Gasteiger partial charge >= 0.3 is 0 Å². The molecular weight excluding hydrogens is 255 g/mol. The third-order valence-electron chi connectivity index (χ3n) is 2.44. The van der Waals surface area contributed by atoms with Crippen molar-refractivity contribution in [1.29, 1.82) is 0 Å². The Morgan fingerprint density at radius 1 is 1.33 bits per heavy atom. The van der Waals surface area contributed by atoms with E-state index < -0.39 is 11.9 Å². The lowest BCUT2D eigenvalue weighted by molar-refractivity contribution is 0.102. The number of pyridine rings is 1. The Morgan fingerprint density at radius 2 is 2.11 bits per heavy atom. The molecule has 18 heavy (non-hydrogen) atoms. The van der Waals surface area contributed by atoms with E-state index in [4.69, 9.17) is 11.6 Å². The second kappa shape index (κ2) is 5.14. The molecule has 1 aromatic carbocycles. The molecule has 0 aliphatic heterocycles. The lowest BCUT2D eigenvalue weighted by Crippen LogP contribution is -2.13. The van der Waals surface area contributed by atoms with Gasteiger partial charge in [0.2, 0.25) is 5.95 Å².